The van der Waals surface area contributed by atoms with Crippen molar-refractivity contribution in [3.63, 3.8) is 0 Å². The molecule has 2 nitrogen and oxygen atoms in total. The molecule has 2 heterocycles. The topological polar surface area (TPSA) is 28.9 Å². The molecule has 37 heavy (non-hydrogen) atoms. The van der Waals surface area contributed by atoms with E-state index in [0.717, 1.165) is 0 Å². The SMILES string of the molecule is [B]c1c([B])c([B])c2c([nH]c3c([B])c([B])c(-c4ccc5oc6c([B])c([B])c([B])c([B])c6c5c4)c([B])c32)c1[B]. The van der Waals surface area contributed by atoms with Crippen molar-refractivity contribution in [3.8, 4) is 11.1 Å². The molecule has 6 rings (SSSR count). The Balaban J connectivity index is 1.75. The highest BCUT2D eigenvalue weighted by Crippen LogP contribution is 2.30. The maximum Gasteiger partial charge on any atom is 0.135 e. The molecule has 0 aliphatic heterocycles. The fourth-order valence-corrected chi connectivity index (χ4v) is 5.11. The first-order valence-corrected chi connectivity index (χ1v) is 11.1. The second kappa shape index (κ2) is 8.09. The molecule has 0 bridgehead atoms. The van der Waals surface area contributed by atoms with Crippen molar-refractivity contribution in [2.45, 2.75) is 0 Å². The van der Waals surface area contributed by atoms with Crippen molar-refractivity contribution in [1.82, 2.24) is 4.98 Å². The molecule has 0 spiro atoms. The molecule has 0 aliphatic carbocycles. The maximum absolute atomic E-state index is 6.74. The average Bonchev–Trinajstić information content (AvgIpc) is 3.47. The zero-order valence-corrected chi connectivity index (χ0v) is 19.5. The molecule has 0 unspecified atom stereocenters. The van der Waals surface area contributed by atoms with E-state index in [1.807, 2.05) is 6.07 Å². The molecule has 0 atom stereocenters. The van der Waals surface area contributed by atoms with Crippen LogP contribution in [0.2, 0.25) is 0 Å². The van der Waals surface area contributed by atoms with Gasteiger partial charge in [0, 0.05) is 21.8 Å². The molecular formula is C24H4B11NO. The predicted octanol–water partition coefficient (Wildman–Crippen LogP) is -6.38. The maximum atomic E-state index is 6.74. The first-order chi connectivity index (χ1) is 17.5. The van der Waals surface area contributed by atoms with Gasteiger partial charge in [0.15, 0.2) is 0 Å². The van der Waals surface area contributed by atoms with Gasteiger partial charge in [-0.1, -0.05) is 44.3 Å². The molecule has 0 saturated carbocycles. The summed E-state index contributed by atoms with van der Waals surface area (Å²) < 4.78 is 5.95. The third-order valence-electron chi connectivity index (χ3n) is 7.14. The lowest BCUT2D eigenvalue weighted by molar-refractivity contribution is 0.672. The minimum Gasteiger partial charge on any atom is -0.457 e. The minimum absolute atomic E-state index is 0.151. The molecule has 0 aliphatic rings. The van der Waals surface area contributed by atoms with E-state index in [9.17, 15) is 0 Å². The standard InChI is InChI=1S/C24H4B11NO/c25-11-7(4-1-2-6-5(3-4)8-13(27)15(29)18(32)21(35)24(8)37-6)12(26)19(33)22-9(11)10-14(28)16(30)17(31)20(34)23(10)36-22/h1-3,36H. The zero-order chi connectivity index (χ0) is 26.7. The smallest absolute Gasteiger partial charge is 0.135 e. The first kappa shape index (κ1) is 24.5. The van der Waals surface area contributed by atoms with Crippen molar-refractivity contribution < 1.29 is 4.42 Å². The fraction of sp³-hybridized carbons (Fsp3) is 0. The van der Waals surface area contributed by atoms with Crippen LogP contribution >= 0.6 is 0 Å². The van der Waals surface area contributed by atoms with E-state index in [1.165, 1.54) is 0 Å². The van der Waals surface area contributed by atoms with Gasteiger partial charge >= 0.3 is 0 Å². The summed E-state index contributed by atoms with van der Waals surface area (Å²) in [5.41, 5.74) is 5.25. The molecule has 2 aromatic heterocycles. The molecule has 0 saturated heterocycles. The summed E-state index contributed by atoms with van der Waals surface area (Å²) in [7, 11) is 69.1. The summed E-state index contributed by atoms with van der Waals surface area (Å²) in [5.74, 6) is 0. The normalized spacial score (nSPS) is 11.9. The summed E-state index contributed by atoms with van der Waals surface area (Å²) in [4.78, 5) is 3.16. The number of hydrogen-bond donors (Lipinski definition) is 1. The van der Waals surface area contributed by atoms with Crippen molar-refractivity contribution >= 4 is 190 Å². The van der Waals surface area contributed by atoms with Crippen molar-refractivity contribution in [1.29, 1.82) is 0 Å². The van der Waals surface area contributed by atoms with Gasteiger partial charge in [-0.15, -0.1) is 21.9 Å². The Kier molecular flexibility index (Phi) is 5.37. The molecule has 144 valence electrons. The molecule has 0 fully saturated rings. The Labute approximate surface area is 228 Å². The number of nitrogens with one attached hydrogen (secondary N) is 1. The summed E-state index contributed by atoms with van der Waals surface area (Å²) in [6.45, 7) is 0. The highest BCUT2D eigenvalue weighted by Gasteiger charge is 2.21. The van der Waals surface area contributed by atoms with Gasteiger partial charge < -0.3 is 9.40 Å². The van der Waals surface area contributed by atoms with Gasteiger partial charge in [-0.25, -0.2) is 0 Å². The highest BCUT2D eigenvalue weighted by molar-refractivity contribution is 6.70. The van der Waals surface area contributed by atoms with Crippen molar-refractivity contribution in [3.05, 3.63) is 18.2 Å². The van der Waals surface area contributed by atoms with Crippen LogP contribution in [0.5, 0.6) is 0 Å². The molecule has 4 aromatic carbocycles. The quantitative estimate of drug-likeness (QED) is 0.253. The number of H-pyrrole nitrogens is 1. The Bertz CT molecular complexity index is 2010. The van der Waals surface area contributed by atoms with Gasteiger partial charge in [-0.2, -0.15) is 0 Å². The largest absolute Gasteiger partial charge is 0.457 e. The molecule has 0 amide bonds. The monoisotopic (exact) mass is 443 g/mol. The molecule has 22 radical (unpaired) electrons. The summed E-state index contributed by atoms with van der Waals surface area (Å²) in [6.07, 6.45) is 0. The van der Waals surface area contributed by atoms with Crippen molar-refractivity contribution in [2.24, 2.45) is 0 Å². The molecule has 13 heteroatoms. The lowest BCUT2D eigenvalue weighted by atomic mass is 9.64. The van der Waals surface area contributed by atoms with Crippen LogP contribution in [-0.4, -0.2) is 91.3 Å². The molecule has 1 N–H and O–H groups in total. The van der Waals surface area contributed by atoms with Gasteiger partial charge in [-0.05, 0) is 34.0 Å². The minimum atomic E-state index is 0.151. The van der Waals surface area contributed by atoms with Crippen LogP contribution < -0.4 is 60.1 Å². The summed E-state index contributed by atoms with van der Waals surface area (Å²) >= 11 is 0. The summed E-state index contributed by atoms with van der Waals surface area (Å²) in [6, 6.07) is 5.35. The van der Waals surface area contributed by atoms with E-state index in [4.69, 9.17) is 90.7 Å². The third kappa shape index (κ3) is 3.09. The first-order valence-electron chi connectivity index (χ1n) is 11.1. The van der Waals surface area contributed by atoms with E-state index in [1.54, 1.807) is 12.1 Å². The fourth-order valence-electron chi connectivity index (χ4n) is 5.11. The second-order valence-electron chi connectivity index (χ2n) is 9.07. The Morgan fingerprint density at radius 2 is 1.00 bits per heavy atom. The van der Waals surface area contributed by atoms with Gasteiger partial charge in [0.25, 0.3) is 0 Å². The van der Waals surface area contributed by atoms with Crippen LogP contribution in [0.1, 0.15) is 0 Å². The van der Waals surface area contributed by atoms with Gasteiger partial charge in [0.2, 0.25) is 0 Å². The van der Waals surface area contributed by atoms with Gasteiger partial charge in [0.05, 0.1) is 0 Å². The van der Waals surface area contributed by atoms with Crippen LogP contribution in [0.3, 0.4) is 0 Å². The van der Waals surface area contributed by atoms with Crippen LogP contribution in [0.15, 0.2) is 22.6 Å². The van der Waals surface area contributed by atoms with Crippen LogP contribution in [0.4, 0.5) is 0 Å². The number of hydrogen-bond acceptors (Lipinski definition) is 1. The van der Waals surface area contributed by atoms with E-state index in [0.29, 0.717) is 60.3 Å². The van der Waals surface area contributed by atoms with Crippen LogP contribution in [0.25, 0.3) is 54.9 Å². The second-order valence-corrected chi connectivity index (χ2v) is 9.07. The lowest BCUT2D eigenvalue weighted by Crippen LogP contribution is -2.47. The van der Waals surface area contributed by atoms with E-state index < -0.39 is 0 Å². The molecular weight excluding hydrogens is 437 g/mol. The number of fused-ring (bicyclic) bond motifs is 6. The highest BCUT2D eigenvalue weighted by atomic mass is 16.3. The number of benzene rings is 4. The van der Waals surface area contributed by atoms with Crippen molar-refractivity contribution in [2.75, 3.05) is 0 Å². The van der Waals surface area contributed by atoms with Gasteiger partial charge in [-0.3, -0.25) is 0 Å². The zero-order valence-electron chi connectivity index (χ0n) is 19.5. The Morgan fingerprint density at radius 1 is 0.486 bits per heavy atom. The Morgan fingerprint density at radius 3 is 1.65 bits per heavy atom. The Hall–Kier alpha value is -2.81. The lowest BCUT2D eigenvalue weighted by Gasteiger charge is -2.18. The molecule has 6 aromatic rings. The number of furan rings is 1. The number of aromatic amines is 1. The van der Waals surface area contributed by atoms with E-state index in [2.05, 4.69) is 4.98 Å². The van der Waals surface area contributed by atoms with Crippen LogP contribution in [-0.2, 0) is 0 Å². The van der Waals surface area contributed by atoms with E-state index >= 15 is 0 Å². The number of rotatable bonds is 1. The number of aromatic nitrogens is 1. The van der Waals surface area contributed by atoms with Gasteiger partial charge in [0.1, 0.15) is 97.5 Å². The van der Waals surface area contributed by atoms with Crippen LogP contribution in [0, 0.1) is 0 Å². The average molecular weight is 441 g/mol. The summed E-state index contributed by atoms with van der Waals surface area (Å²) in [5, 5.41) is 2.19. The third-order valence-corrected chi connectivity index (χ3v) is 7.14. The van der Waals surface area contributed by atoms with E-state index in [-0.39, 0.29) is 54.6 Å². The predicted molar refractivity (Wildman–Crippen MR) is 168 cm³/mol.